The molecule has 5 heterocycles. The third-order valence-corrected chi connectivity index (χ3v) is 20.2. The van der Waals surface area contributed by atoms with Gasteiger partial charge < -0.3 is 132 Å². The van der Waals surface area contributed by atoms with Crippen LogP contribution in [0, 0.1) is 11.7 Å². The summed E-state index contributed by atoms with van der Waals surface area (Å²) in [6.45, 7) is 12.5. The molecule has 7 atom stereocenters. The number of guanidine groups is 1. The van der Waals surface area contributed by atoms with Crippen LogP contribution in [-0.4, -0.2) is 305 Å². The second kappa shape index (κ2) is 55.2. The van der Waals surface area contributed by atoms with Crippen LogP contribution in [-0.2, 0) is 130 Å². The third kappa shape index (κ3) is 35.0. The standard InChI is InChI=1S/C82H120FN15O29/c1-6-51-52-44-63(56(83)46-61(52)93-71-53(51)47-98-62(71)45-55-54(76(98)110)48-127-79(115)82(55,117)7-2)126-29-25-87-72(106)50(5)90-75(109)70(49(3)4)96-74(108)58(92-65(100)14-11-26-97-67(102)18-19-68(97)103)12-8-9-22-86-64(99)21-27-118-30-32-120-34-36-122-38-40-124-42-43-125-41-39-123-37-35-121-33-31-119-28-24-88-73(107)57(13-10-23-89-80(84)85)91-66(101)17-15-59(77(111)112)94-81(116)95-60(78(113)114)16-20-69(104)105/h18-19,44-46,49-50,57-60,70,117H,6-17,20-43,47-48H2,1-5H3,(H,86,99)(H,87,106)(H,88,107)(H,90,109)(H,91,101)(H,92,100)(H,96,108)(H,104,105)(H,111,112)(H,113,114)(H4,84,85,89)(H2,94,95,116)/t50-,57-,58-,59-,60-,70-,82-/m0/s1. The molecule has 0 spiro atoms. The molecule has 704 valence electrons. The van der Waals surface area contributed by atoms with Crippen LogP contribution in [0.15, 0.2) is 40.1 Å². The molecular weight excluding hydrogens is 1680 g/mol. The number of aromatic nitrogens is 2. The molecule has 127 heavy (non-hydrogen) atoms. The first-order valence-corrected chi connectivity index (χ1v) is 42.2. The van der Waals surface area contributed by atoms with E-state index >= 15 is 4.39 Å². The van der Waals surface area contributed by atoms with E-state index < -0.39 is 162 Å². The number of rotatable bonds is 65. The summed E-state index contributed by atoms with van der Waals surface area (Å²) in [5.74, 6) is -12.1. The van der Waals surface area contributed by atoms with E-state index in [2.05, 4.69) is 47.5 Å². The average molecular weight is 1800 g/mol. The number of aryl methyl sites for hydroxylation is 1. The molecule has 17 N–H and O–H groups in total. The number of unbranched alkanes of at least 4 members (excludes halogenated alkanes) is 1. The number of pyridine rings is 2. The summed E-state index contributed by atoms with van der Waals surface area (Å²) >= 11 is 0. The Labute approximate surface area is 731 Å². The molecule has 44 nitrogen and oxygen atoms in total. The lowest BCUT2D eigenvalue weighted by Crippen LogP contribution is -2.57. The second-order valence-corrected chi connectivity index (χ2v) is 29.9. The van der Waals surface area contributed by atoms with Gasteiger partial charge in [0.2, 0.25) is 41.4 Å². The van der Waals surface area contributed by atoms with Crippen LogP contribution >= 0.6 is 0 Å². The van der Waals surface area contributed by atoms with Crippen molar-refractivity contribution in [3.8, 4) is 17.1 Å². The summed E-state index contributed by atoms with van der Waals surface area (Å²) in [7, 11) is 0. The number of nitrogens with zero attached hydrogens (tertiary/aromatic N) is 4. The Kier molecular flexibility index (Phi) is 45.4. The number of carbonyl (C=O) groups excluding carboxylic acids is 11. The molecule has 0 saturated heterocycles. The Balaban J connectivity index is 0.771. The number of imide groups is 1. The molecule has 45 heteroatoms. The molecule has 2 aromatic heterocycles. The maximum absolute atomic E-state index is 15.8. The van der Waals surface area contributed by atoms with Crippen molar-refractivity contribution in [2.24, 2.45) is 22.4 Å². The maximum atomic E-state index is 15.8. The summed E-state index contributed by atoms with van der Waals surface area (Å²) in [6.07, 6.45) is 1.89. The van der Waals surface area contributed by atoms with Crippen molar-refractivity contribution in [1.82, 2.24) is 62.3 Å². The van der Waals surface area contributed by atoms with E-state index in [1.807, 2.05) is 12.2 Å². The molecule has 6 rings (SSSR count). The number of hydrogen-bond donors (Lipinski definition) is 15. The highest BCUT2D eigenvalue weighted by Gasteiger charge is 2.46. The average Bonchev–Trinajstić information content (AvgIpc) is 1.56. The molecule has 0 radical (unpaired) electrons. The van der Waals surface area contributed by atoms with E-state index in [1.54, 1.807) is 26.8 Å². The number of aliphatic hydroxyl groups is 1. The number of esters is 1. The quantitative estimate of drug-likeness (QED) is 0.00780. The number of amides is 11. The number of fused-ring (bicyclic) bond motifs is 5. The maximum Gasteiger partial charge on any atom is 0.343 e. The molecule has 1 aromatic carbocycles. The van der Waals surface area contributed by atoms with E-state index in [-0.39, 0.29) is 178 Å². The van der Waals surface area contributed by atoms with Gasteiger partial charge >= 0.3 is 29.9 Å². The minimum absolute atomic E-state index is 0.0335. The molecular formula is C82H120FN15O29. The molecule has 0 aliphatic carbocycles. The van der Waals surface area contributed by atoms with Crippen LogP contribution in [0.25, 0.3) is 22.3 Å². The number of aliphatic carboxylic acids is 3. The number of carboxylic acid groups (broad SMARTS) is 3. The Bertz CT molecular complexity index is 4360. The van der Waals surface area contributed by atoms with Gasteiger partial charge in [-0.2, -0.15) is 0 Å². The van der Waals surface area contributed by atoms with Gasteiger partial charge in [0.25, 0.3) is 17.4 Å². The van der Waals surface area contributed by atoms with E-state index in [9.17, 15) is 87.2 Å². The number of aliphatic imine (C=N–C) groups is 1. The Hall–Kier alpha value is -11.5. The van der Waals surface area contributed by atoms with Crippen LogP contribution in [0.3, 0.4) is 0 Å². The summed E-state index contributed by atoms with van der Waals surface area (Å²) < 4.78 is 72.5. The predicted molar refractivity (Wildman–Crippen MR) is 447 cm³/mol. The minimum Gasteiger partial charge on any atom is -0.489 e. The Morgan fingerprint density at radius 2 is 1.09 bits per heavy atom. The molecule has 3 aromatic rings. The number of carboxylic acids is 3. The fourth-order valence-electron chi connectivity index (χ4n) is 13.3. The monoisotopic (exact) mass is 1800 g/mol. The van der Waals surface area contributed by atoms with E-state index in [0.717, 1.165) is 22.6 Å². The molecule has 3 aliphatic rings. The van der Waals surface area contributed by atoms with Crippen LogP contribution in [0.2, 0.25) is 0 Å². The number of ether oxygens (including phenoxy) is 10. The highest BCUT2D eigenvalue weighted by Crippen LogP contribution is 2.41. The molecule has 0 unspecified atom stereocenters. The molecule has 0 bridgehead atoms. The largest absolute Gasteiger partial charge is 0.489 e. The first-order valence-electron chi connectivity index (χ1n) is 42.2. The van der Waals surface area contributed by atoms with Crippen molar-refractivity contribution >= 4 is 99.9 Å². The molecule has 0 fully saturated rings. The lowest BCUT2D eigenvalue weighted by atomic mass is 9.86. The fraction of sp³-hybridized carbons (Fsp3) is 0.622. The lowest BCUT2D eigenvalue weighted by Gasteiger charge is -2.31. The highest BCUT2D eigenvalue weighted by atomic mass is 19.1. The number of urea groups is 1. The van der Waals surface area contributed by atoms with Crippen LogP contribution in [0.5, 0.6) is 5.75 Å². The second-order valence-electron chi connectivity index (χ2n) is 29.9. The number of benzene rings is 1. The van der Waals surface area contributed by atoms with E-state index in [1.165, 1.54) is 23.6 Å². The number of nitrogens with one attached hydrogen (secondary N) is 9. The van der Waals surface area contributed by atoms with Crippen LogP contribution < -0.4 is 69.6 Å². The Morgan fingerprint density at radius 1 is 0.559 bits per heavy atom. The summed E-state index contributed by atoms with van der Waals surface area (Å²) in [4.78, 5) is 200. The first kappa shape index (κ1) is 104. The van der Waals surface area contributed by atoms with E-state index in [4.69, 9.17) is 68.9 Å². The highest BCUT2D eigenvalue weighted by molar-refractivity contribution is 6.13. The molecule has 0 saturated carbocycles. The normalized spacial score (nSPS) is 15.1. The van der Waals surface area contributed by atoms with E-state index in [0.29, 0.717) is 101 Å². The zero-order valence-electron chi connectivity index (χ0n) is 72.1. The number of carbonyl (C=O) groups is 14. The number of hydrogen-bond acceptors (Lipinski definition) is 28. The summed E-state index contributed by atoms with van der Waals surface area (Å²) in [5, 5.41) is 62.3. The topological polar surface area (TPSA) is 623 Å². The summed E-state index contributed by atoms with van der Waals surface area (Å²) in [5.41, 5.74) is 11.2. The van der Waals surface area contributed by atoms with Crippen molar-refractivity contribution in [2.75, 3.05) is 145 Å². The SMILES string of the molecule is CCc1c2c(nc3cc(F)c(OCCNC(=O)[C@H](C)NC(=O)[C@@H](NC(=O)[C@H](CCCCNC(=O)CCOCCOCCOCCOCCOCCOCCOCCOCCNC(=O)[C@H](CCCN=C(N)N)NC(=O)CC[C@H](NC(=O)N[C@@H](CCC(=O)O)C(=O)O)C(=O)O)NC(=O)CCCN4C(=O)C=CC4=O)C(C)C)cc13)-c1cc3c(c(=O)n1C2)COC(=O)[C@]3(O)CC. The van der Waals surface area contributed by atoms with Gasteiger partial charge in [-0.25, -0.2) is 28.6 Å². The number of nitrogens with two attached hydrogens (primary N) is 2. The number of cyclic esters (lactones) is 1. The number of halogens is 1. The summed E-state index contributed by atoms with van der Waals surface area (Å²) in [6, 6.07) is -4.77. The van der Waals surface area contributed by atoms with Crippen molar-refractivity contribution in [2.45, 2.75) is 180 Å². The van der Waals surface area contributed by atoms with Gasteiger partial charge in [0.1, 0.15) is 49.5 Å². The van der Waals surface area contributed by atoms with Gasteiger partial charge in [-0.15, -0.1) is 0 Å². The van der Waals surface area contributed by atoms with Crippen molar-refractivity contribution < 1.29 is 139 Å². The van der Waals surface area contributed by atoms with Crippen molar-refractivity contribution in [1.29, 1.82) is 0 Å². The lowest BCUT2D eigenvalue weighted by molar-refractivity contribution is -0.172. The fourth-order valence-corrected chi connectivity index (χ4v) is 13.3. The van der Waals surface area contributed by atoms with Gasteiger partial charge in [0.15, 0.2) is 23.1 Å². The predicted octanol–water partition coefficient (Wildman–Crippen LogP) is -1.57. The van der Waals surface area contributed by atoms with Crippen LogP contribution in [0.4, 0.5) is 9.18 Å². The molecule has 3 aliphatic heterocycles. The zero-order chi connectivity index (χ0) is 93.0. The molecule has 11 amide bonds. The van der Waals surface area contributed by atoms with Gasteiger partial charge in [-0.05, 0) is 94.7 Å². The van der Waals surface area contributed by atoms with Crippen molar-refractivity contribution in [3.05, 3.63) is 68.8 Å². The van der Waals surface area contributed by atoms with Crippen LogP contribution in [0.1, 0.15) is 140 Å². The van der Waals surface area contributed by atoms with Crippen molar-refractivity contribution in [3.63, 3.8) is 0 Å². The first-order chi connectivity index (χ1) is 60.8. The minimum atomic E-state index is -2.02. The van der Waals surface area contributed by atoms with Gasteiger partial charge in [0.05, 0.1) is 141 Å². The van der Waals surface area contributed by atoms with Gasteiger partial charge in [0, 0.05) is 86.6 Å². The van der Waals surface area contributed by atoms with Gasteiger partial charge in [-0.1, -0.05) is 27.7 Å². The zero-order valence-corrected chi connectivity index (χ0v) is 72.1. The van der Waals surface area contributed by atoms with Gasteiger partial charge in [-0.3, -0.25) is 62.6 Å². The smallest absolute Gasteiger partial charge is 0.343 e. The Morgan fingerprint density at radius 3 is 1.65 bits per heavy atom. The third-order valence-electron chi connectivity index (χ3n) is 20.2.